The Morgan fingerprint density at radius 1 is 1.43 bits per heavy atom. The van der Waals surface area contributed by atoms with E-state index >= 15 is 0 Å². The lowest BCUT2D eigenvalue weighted by atomic mass is 10.0. The molecule has 1 aromatic heterocycles. The third kappa shape index (κ3) is 4.75. The highest BCUT2D eigenvalue weighted by molar-refractivity contribution is 7.99. The minimum atomic E-state index is -0.367. The molecule has 1 atom stereocenters. The lowest BCUT2D eigenvalue weighted by molar-refractivity contribution is -0.118. The highest BCUT2D eigenvalue weighted by atomic mass is 32.2. The van der Waals surface area contributed by atoms with Crippen molar-refractivity contribution in [1.82, 2.24) is 15.3 Å². The van der Waals surface area contributed by atoms with Crippen LogP contribution in [0.4, 0.5) is 0 Å². The smallest absolute Gasteiger partial charge is 0.230 e. The molecule has 1 amide bonds. The molecule has 5 nitrogen and oxygen atoms in total. The number of carbonyl (C=O) groups is 1. The van der Waals surface area contributed by atoms with Crippen LogP contribution in [0.5, 0.6) is 0 Å². The topological polar surface area (TPSA) is 78.0 Å². The number of aliphatic hydroxyl groups excluding tert-OH is 1. The minimum Gasteiger partial charge on any atom is -0.393 e. The molecule has 2 aromatic rings. The second kappa shape index (κ2) is 7.47. The molecule has 3 N–H and O–H groups in total. The maximum absolute atomic E-state index is 11.7. The summed E-state index contributed by atoms with van der Waals surface area (Å²) in [4.78, 5) is 19.3. The second-order valence-electron chi connectivity index (χ2n) is 5.30. The molecule has 0 aliphatic carbocycles. The fraction of sp³-hybridized carbons (Fsp3) is 0.467. The first-order valence-electron chi connectivity index (χ1n) is 7.08. The molecule has 0 aliphatic rings. The average Bonchev–Trinajstić information content (AvgIpc) is 2.87. The van der Waals surface area contributed by atoms with Crippen LogP contribution in [-0.4, -0.2) is 39.4 Å². The number of para-hydroxylation sites is 2. The standard InChI is InChI=1S/C15H21N3O2S/c1-10(2)13(19)7-8-16-14(20)9-21-15-17-11-5-3-4-6-12(11)18-15/h3-6,10,13,19H,7-9H2,1-2H3,(H,16,20)(H,17,18). The van der Waals surface area contributed by atoms with E-state index in [9.17, 15) is 9.90 Å². The van der Waals surface area contributed by atoms with Crippen LogP contribution in [-0.2, 0) is 4.79 Å². The number of hydrogen-bond donors (Lipinski definition) is 3. The van der Waals surface area contributed by atoms with Crippen molar-refractivity contribution in [2.45, 2.75) is 31.5 Å². The molecule has 0 saturated heterocycles. The lowest BCUT2D eigenvalue weighted by Gasteiger charge is -2.14. The Morgan fingerprint density at radius 2 is 2.19 bits per heavy atom. The number of nitrogens with zero attached hydrogens (tertiary/aromatic N) is 1. The van der Waals surface area contributed by atoms with Gasteiger partial charge in [-0.05, 0) is 24.5 Å². The largest absolute Gasteiger partial charge is 0.393 e. The quantitative estimate of drug-likeness (QED) is 0.685. The normalized spacial score (nSPS) is 12.8. The molecule has 0 saturated carbocycles. The summed E-state index contributed by atoms with van der Waals surface area (Å²) in [5, 5.41) is 13.2. The van der Waals surface area contributed by atoms with Gasteiger partial charge in [-0.25, -0.2) is 4.98 Å². The highest BCUT2D eigenvalue weighted by Crippen LogP contribution is 2.18. The summed E-state index contributed by atoms with van der Waals surface area (Å²) in [5.74, 6) is 0.487. The van der Waals surface area contributed by atoms with Crippen LogP contribution >= 0.6 is 11.8 Å². The molecular formula is C15H21N3O2S. The van der Waals surface area contributed by atoms with E-state index in [1.54, 1.807) is 0 Å². The number of hydrogen-bond acceptors (Lipinski definition) is 4. The van der Waals surface area contributed by atoms with E-state index in [0.717, 1.165) is 16.2 Å². The summed E-state index contributed by atoms with van der Waals surface area (Å²) < 4.78 is 0. The zero-order valence-corrected chi connectivity index (χ0v) is 13.1. The summed E-state index contributed by atoms with van der Waals surface area (Å²) in [7, 11) is 0. The highest BCUT2D eigenvalue weighted by Gasteiger charge is 2.10. The van der Waals surface area contributed by atoms with Crippen LogP contribution < -0.4 is 5.32 Å². The Kier molecular flexibility index (Phi) is 5.64. The molecule has 1 aromatic carbocycles. The first-order chi connectivity index (χ1) is 10.1. The van der Waals surface area contributed by atoms with Crippen molar-refractivity contribution >= 4 is 28.7 Å². The van der Waals surface area contributed by atoms with Gasteiger partial charge in [-0.1, -0.05) is 37.7 Å². The van der Waals surface area contributed by atoms with Gasteiger partial charge in [0.15, 0.2) is 5.16 Å². The van der Waals surface area contributed by atoms with Crippen molar-refractivity contribution in [3.63, 3.8) is 0 Å². The Labute approximate surface area is 128 Å². The minimum absolute atomic E-state index is 0.0450. The van der Waals surface area contributed by atoms with Crippen LogP contribution in [0.1, 0.15) is 20.3 Å². The van der Waals surface area contributed by atoms with E-state index < -0.39 is 0 Å². The van der Waals surface area contributed by atoms with Gasteiger partial charge in [-0.3, -0.25) is 4.79 Å². The first kappa shape index (κ1) is 15.9. The number of aliphatic hydroxyl groups is 1. The molecule has 0 radical (unpaired) electrons. The number of H-pyrrole nitrogens is 1. The van der Waals surface area contributed by atoms with Crippen molar-refractivity contribution in [3.8, 4) is 0 Å². The van der Waals surface area contributed by atoms with Crippen LogP contribution in [0.2, 0.25) is 0 Å². The van der Waals surface area contributed by atoms with E-state index in [-0.39, 0.29) is 17.9 Å². The van der Waals surface area contributed by atoms with E-state index in [0.29, 0.717) is 18.7 Å². The van der Waals surface area contributed by atoms with Gasteiger partial charge in [-0.15, -0.1) is 0 Å². The van der Waals surface area contributed by atoms with Gasteiger partial charge in [0.2, 0.25) is 5.91 Å². The first-order valence-corrected chi connectivity index (χ1v) is 8.07. The van der Waals surface area contributed by atoms with Crippen LogP contribution in [0, 0.1) is 5.92 Å². The molecule has 1 heterocycles. The molecule has 1 unspecified atom stereocenters. The summed E-state index contributed by atoms with van der Waals surface area (Å²) >= 11 is 1.38. The fourth-order valence-corrected chi connectivity index (χ4v) is 2.59. The van der Waals surface area contributed by atoms with Gasteiger partial charge in [0.25, 0.3) is 0 Å². The van der Waals surface area contributed by atoms with Gasteiger partial charge in [0.1, 0.15) is 0 Å². The molecular weight excluding hydrogens is 286 g/mol. The predicted octanol–water partition coefficient (Wildman–Crippen LogP) is 2.18. The number of aromatic nitrogens is 2. The van der Waals surface area contributed by atoms with Crippen LogP contribution in [0.3, 0.4) is 0 Å². The number of amides is 1. The zero-order valence-electron chi connectivity index (χ0n) is 12.3. The third-order valence-corrected chi connectivity index (χ3v) is 4.11. The number of thioether (sulfide) groups is 1. The van der Waals surface area contributed by atoms with Gasteiger partial charge >= 0.3 is 0 Å². The van der Waals surface area contributed by atoms with E-state index in [4.69, 9.17) is 0 Å². The van der Waals surface area contributed by atoms with Crippen molar-refractivity contribution in [3.05, 3.63) is 24.3 Å². The second-order valence-corrected chi connectivity index (χ2v) is 6.26. The Hall–Kier alpha value is -1.53. The zero-order chi connectivity index (χ0) is 15.2. The third-order valence-electron chi connectivity index (χ3n) is 3.24. The van der Waals surface area contributed by atoms with Gasteiger partial charge in [0.05, 0.1) is 22.9 Å². The Morgan fingerprint density at radius 3 is 2.90 bits per heavy atom. The number of imidazole rings is 1. The van der Waals surface area contributed by atoms with E-state index in [1.165, 1.54) is 11.8 Å². The molecule has 0 bridgehead atoms. The summed E-state index contributed by atoms with van der Waals surface area (Å²) in [5.41, 5.74) is 1.88. The molecule has 0 fully saturated rings. The summed E-state index contributed by atoms with van der Waals surface area (Å²) in [6.45, 7) is 4.42. The van der Waals surface area contributed by atoms with Crippen LogP contribution in [0.15, 0.2) is 29.4 Å². The maximum Gasteiger partial charge on any atom is 0.230 e. The van der Waals surface area contributed by atoms with Gasteiger partial charge in [-0.2, -0.15) is 0 Å². The molecule has 0 spiro atoms. The van der Waals surface area contributed by atoms with Gasteiger partial charge < -0.3 is 15.4 Å². The van der Waals surface area contributed by atoms with Crippen molar-refractivity contribution < 1.29 is 9.90 Å². The Bertz CT molecular complexity index is 564. The van der Waals surface area contributed by atoms with E-state index in [1.807, 2.05) is 38.1 Å². The number of nitrogens with one attached hydrogen (secondary N) is 2. The number of aromatic amines is 1. The Balaban J connectivity index is 1.73. The number of carbonyl (C=O) groups excluding carboxylic acids is 1. The van der Waals surface area contributed by atoms with E-state index in [2.05, 4.69) is 15.3 Å². The molecule has 2 rings (SSSR count). The number of rotatable bonds is 7. The number of benzene rings is 1. The average molecular weight is 307 g/mol. The molecule has 6 heteroatoms. The van der Waals surface area contributed by atoms with Crippen LogP contribution in [0.25, 0.3) is 11.0 Å². The monoisotopic (exact) mass is 307 g/mol. The number of fused-ring (bicyclic) bond motifs is 1. The molecule has 21 heavy (non-hydrogen) atoms. The van der Waals surface area contributed by atoms with Crippen molar-refractivity contribution in [2.24, 2.45) is 5.92 Å². The van der Waals surface area contributed by atoms with Gasteiger partial charge in [0, 0.05) is 6.54 Å². The summed E-state index contributed by atoms with van der Waals surface area (Å²) in [6, 6.07) is 7.77. The SMILES string of the molecule is CC(C)C(O)CCNC(=O)CSc1nc2ccccc2[nH]1. The van der Waals surface area contributed by atoms with Crippen molar-refractivity contribution in [1.29, 1.82) is 0 Å². The lowest BCUT2D eigenvalue weighted by Crippen LogP contribution is -2.29. The van der Waals surface area contributed by atoms with Crippen molar-refractivity contribution in [2.75, 3.05) is 12.3 Å². The summed E-state index contributed by atoms with van der Waals surface area (Å²) in [6.07, 6.45) is 0.215. The maximum atomic E-state index is 11.7. The molecule has 114 valence electrons. The fourth-order valence-electron chi connectivity index (χ4n) is 1.88. The molecule has 0 aliphatic heterocycles. The predicted molar refractivity (Wildman–Crippen MR) is 85.3 cm³/mol.